The minimum absolute atomic E-state index is 0.00932. The second-order valence-electron chi connectivity index (χ2n) is 8.81. The highest BCUT2D eigenvalue weighted by atomic mass is 16.5. The first-order valence-electron chi connectivity index (χ1n) is 12.0. The molecule has 0 N–H and O–H groups in total. The Kier molecular flexibility index (Phi) is 16.7. The van der Waals surface area contributed by atoms with Gasteiger partial charge in [-0.05, 0) is 92.9 Å². The number of hydrogen-bond acceptors (Lipinski definition) is 3. The maximum absolute atomic E-state index is 12.3. The first-order valence-corrected chi connectivity index (χ1v) is 12.0. The van der Waals surface area contributed by atoms with Gasteiger partial charge < -0.3 is 4.74 Å². The van der Waals surface area contributed by atoms with E-state index in [1.807, 2.05) is 13.0 Å². The fraction of sp³-hybridized carbons (Fsp3) is 0.643. The summed E-state index contributed by atoms with van der Waals surface area (Å²) in [5.74, 6) is -1.05. The standard InChI is InChI=1S/C28H46O3/c1-8-13-27(29)26(28(30)31-9-2)21-20-25(7)19-12-18-24(6)17-11-16-23(5)15-10-14-22(3)4/h14,16,18,20,26H,8-13,15,17,19,21H2,1-7H3/b23-16+,24-18+,25-20+. The van der Waals surface area contributed by atoms with Crippen LogP contribution in [0.25, 0.3) is 0 Å². The third-order valence-corrected chi connectivity index (χ3v) is 5.31. The molecule has 0 radical (unpaired) electrons. The Morgan fingerprint density at radius 2 is 1.19 bits per heavy atom. The molecule has 0 aromatic heterocycles. The Labute approximate surface area is 191 Å². The van der Waals surface area contributed by atoms with E-state index in [2.05, 4.69) is 52.8 Å². The van der Waals surface area contributed by atoms with Crippen molar-refractivity contribution < 1.29 is 14.3 Å². The molecule has 176 valence electrons. The quantitative estimate of drug-likeness (QED) is 0.141. The largest absolute Gasteiger partial charge is 0.465 e. The smallest absolute Gasteiger partial charge is 0.316 e. The summed E-state index contributed by atoms with van der Waals surface area (Å²) < 4.78 is 5.10. The summed E-state index contributed by atoms with van der Waals surface area (Å²) in [4.78, 5) is 24.4. The van der Waals surface area contributed by atoms with E-state index in [-0.39, 0.29) is 11.8 Å². The van der Waals surface area contributed by atoms with Crippen LogP contribution in [-0.4, -0.2) is 18.4 Å². The van der Waals surface area contributed by atoms with Crippen LogP contribution >= 0.6 is 0 Å². The molecule has 0 spiro atoms. The molecule has 0 fully saturated rings. The molecule has 0 saturated carbocycles. The van der Waals surface area contributed by atoms with Gasteiger partial charge in [0.25, 0.3) is 0 Å². The van der Waals surface area contributed by atoms with E-state index in [1.54, 1.807) is 6.92 Å². The SMILES string of the molecule is CCCC(=O)C(C/C=C(\C)CC/C=C(\C)CC/C=C(\C)CCC=C(C)C)C(=O)OCC. The molecule has 0 aliphatic rings. The minimum atomic E-state index is -0.654. The summed E-state index contributed by atoms with van der Waals surface area (Å²) >= 11 is 0. The van der Waals surface area contributed by atoms with E-state index in [0.717, 1.165) is 44.9 Å². The van der Waals surface area contributed by atoms with Gasteiger partial charge in [0.1, 0.15) is 11.7 Å². The van der Waals surface area contributed by atoms with Crippen LogP contribution in [0.15, 0.2) is 46.6 Å². The topological polar surface area (TPSA) is 43.4 Å². The van der Waals surface area contributed by atoms with E-state index in [9.17, 15) is 9.59 Å². The van der Waals surface area contributed by atoms with Crippen molar-refractivity contribution in [3.63, 3.8) is 0 Å². The predicted molar refractivity (Wildman–Crippen MR) is 133 cm³/mol. The van der Waals surface area contributed by atoms with Crippen molar-refractivity contribution in [3.8, 4) is 0 Å². The molecular formula is C28H46O3. The van der Waals surface area contributed by atoms with E-state index in [0.29, 0.717) is 19.4 Å². The molecule has 1 atom stereocenters. The van der Waals surface area contributed by atoms with Crippen molar-refractivity contribution in [3.05, 3.63) is 46.6 Å². The number of carbonyl (C=O) groups excluding carboxylic acids is 2. The van der Waals surface area contributed by atoms with E-state index in [1.165, 1.54) is 22.3 Å². The third kappa shape index (κ3) is 15.5. The number of Topliss-reactive ketones (excluding diaryl/α,β-unsaturated/α-hetero) is 1. The van der Waals surface area contributed by atoms with E-state index in [4.69, 9.17) is 4.74 Å². The molecule has 0 aromatic carbocycles. The average Bonchev–Trinajstić information content (AvgIpc) is 2.68. The first-order chi connectivity index (χ1) is 14.7. The number of allylic oxidation sites excluding steroid dienone is 8. The molecule has 0 rings (SSSR count). The maximum Gasteiger partial charge on any atom is 0.316 e. The summed E-state index contributed by atoms with van der Waals surface area (Å²) in [5, 5.41) is 0. The van der Waals surface area contributed by atoms with Crippen LogP contribution in [-0.2, 0) is 14.3 Å². The van der Waals surface area contributed by atoms with Crippen molar-refractivity contribution in [2.45, 2.75) is 106 Å². The normalized spacial score (nSPS) is 13.7. The summed E-state index contributed by atoms with van der Waals surface area (Å²) in [6.45, 7) is 14.8. The van der Waals surface area contributed by atoms with Crippen LogP contribution in [0.4, 0.5) is 0 Å². The van der Waals surface area contributed by atoms with E-state index < -0.39 is 5.92 Å². The van der Waals surface area contributed by atoms with Crippen molar-refractivity contribution >= 4 is 11.8 Å². The monoisotopic (exact) mass is 430 g/mol. The summed E-state index contributed by atoms with van der Waals surface area (Å²) in [7, 11) is 0. The summed E-state index contributed by atoms with van der Waals surface area (Å²) in [5.41, 5.74) is 5.50. The fourth-order valence-corrected chi connectivity index (χ4v) is 3.33. The Morgan fingerprint density at radius 3 is 1.65 bits per heavy atom. The number of rotatable bonds is 16. The van der Waals surface area contributed by atoms with Gasteiger partial charge in [0.15, 0.2) is 0 Å². The molecule has 0 amide bonds. The highest BCUT2D eigenvalue weighted by Gasteiger charge is 2.25. The highest BCUT2D eigenvalue weighted by Crippen LogP contribution is 2.17. The molecule has 0 aliphatic carbocycles. The molecule has 3 heteroatoms. The zero-order chi connectivity index (χ0) is 23.6. The molecule has 0 aliphatic heterocycles. The second-order valence-corrected chi connectivity index (χ2v) is 8.81. The molecule has 0 bridgehead atoms. The van der Waals surface area contributed by atoms with Gasteiger partial charge in [-0.25, -0.2) is 0 Å². The lowest BCUT2D eigenvalue weighted by molar-refractivity contribution is -0.151. The fourth-order valence-electron chi connectivity index (χ4n) is 3.33. The lowest BCUT2D eigenvalue weighted by Crippen LogP contribution is -2.25. The Hall–Kier alpha value is -1.90. The van der Waals surface area contributed by atoms with Crippen LogP contribution in [0.1, 0.15) is 106 Å². The molecule has 0 heterocycles. The van der Waals surface area contributed by atoms with Crippen LogP contribution < -0.4 is 0 Å². The maximum atomic E-state index is 12.3. The van der Waals surface area contributed by atoms with Gasteiger partial charge in [0.05, 0.1) is 6.61 Å². The molecule has 1 unspecified atom stereocenters. The Morgan fingerprint density at radius 1 is 0.710 bits per heavy atom. The van der Waals surface area contributed by atoms with Crippen LogP contribution in [0.2, 0.25) is 0 Å². The molecule has 31 heavy (non-hydrogen) atoms. The Balaban J connectivity index is 4.49. The predicted octanol–water partition coefficient (Wildman–Crippen LogP) is 8.07. The van der Waals surface area contributed by atoms with Crippen LogP contribution in [0.5, 0.6) is 0 Å². The van der Waals surface area contributed by atoms with Crippen molar-refractivity contribution in [1.29, 1.82) is 0 Å². The average molecular weight is 431 g/mol. The molecule has 0 saturated heterocycles. The van der Waals surface area contributed by atoms with Crippen molar-refractivity contribution in [2.75, 3.05) is 6.61 Å². The zero-order valence-electron chi connectivity index (χ0n) is 21.2. The number of ether oxygens (including phenoxy) is 1. The van der Waals surface area contributed by atoms with Crippen LogP contribution in [0, 0.1) is 5.92 Å². The minimum Gasteiger partial charge on any atom is -0.465 e. The van der Waals surface area contributed by atoms with Crippen LogP contribution in [0.3, 0.4) is 0 Å². The number of ketones is 1. The lowest BCUT2D eigenvalue weighted by Gasteiger charge is -2.13. The van der Waals surface area contributed by atoms with Gasteiger partial charge in [-0.1, -0.05) is 53.5 Å². The van der Waals surface area contributed by atoms with Crippen molar-refractivity contribution in [2.24, 2.45) is 5.92 Å². The van der Waals surface area contributed by atoms with Gasteiger partial charge >= 0.3 is 5.97 Å². The zero-order valence-corrected chi connectivity index (χ0v) is 21.2. The second kappa shape index (κ2) is 17.7. The van der Waals surface area contributed by atoms with E-state index >= 15 is 0 Å². The first kappa shape index (κ1) is 29.1. The number of esters is 1. The number of carbonyl (C=O) groups is 2. The molecular weight excluding hydrogens is 384 g/mol. The summed E-state index contributed by atoms with van der Waals surface area (Å²) in [6, 6.07) is 0. The lowest BCUT2D eigenvalue weighted by atomic mass is 9.95. The van der Waals surface area contributed by atoms with Gasteiger partial charge in [0, 0.05) is 6.42 Å². The number of hydrogen-bond donors (Lipinski definition) is 0. The van der Waals surface area contributed by atoms with Gasteiger partial charge in [-0.15, -0.1) is 0 Å². The van der Waals surface area contributed by atoms with Gasteiger partial charge in [-0.2, -0.15) is 0 Å². The van der Waals surface area contributed by atoms with Gasteiger partial charge in [0.2, 0.25) is 0 Å². The highest BCUT2D eigenvalue weighted by molar-refractivity contribution is 5.99. The molecule has 0 aromatic rings. The summed E-state index contributed by atoms with van der Waals surface area (Å²) in [6.07, 6.45) is 17.1. The Bertz CT molecular complexity index is 640. The van der Waals surface area contributed by atoms with Crippen molar-refractivity contribution in [1.82, 2.24) is 0 Å². The molecule has 3 nitrogen and oxygen atoms in total. The third-order valence-electron chi connectivity index (χ3n) is 5.31. The van der Waals surface area contributed by atoms with Gasteiger partial charge in [-0.3, -0.25) is 9.59 Å².